The predicted molar refractivity (Wildman–Crippen MR) is 85.7 cm³/mol. The molecule has 0 bridgehead atoms. The van der Waals surface area contributed by atoms with E-state index in [9.17, 15) is 0 Å². The zero-order valence-electron chi connectivity index (χ0n) is 12.7. The van der Waals surface area contributed by atoms with E-state index in [-0.39, 0.29) is 11.5 Å². The molecule has 2 rings (SSSR count). The lowest BCUT2D eigenvalue weighted by atomic mass is 9.88. The van der Waals surface area contributed by atoms with Crippen LogP contribution in [0.2, 0.25) is 0 Å². The smallest absolute Gasteiger partial charge is 0.260 e. The summed E-state index contributed by atoms with van der Waals surface area (Å²) >= 11 is 3.40. The van der Waals surface area contributed by atoms with Crippen LogP contribution in [0.25, 0.3) is 11.5 Å². The van der Waals surface area contributed by atoms with Crippen molar-refractivity contribution in [2.75, 3.05) is 12.3 Å². The first kappa shape index (κ1) is 16.0. The van der Waals surface area contributed by atoms with Gasteiger partial charge < -0.3 is 15.0 Å². The van der Waals surface area contributed by atoms with Gasteiger partial charge >= 0.3 is 0 Å². The number of aromatic nitrogens is 2. The maximum absolute atomic E-state index is 6.04. The number of nitrogen functional groups attached to an aromatic ring is 1. The highest BCUT2D eigenvalue weighted by molar-refractivity contribution is 9.10. The molecule has 1 heterocycles. The third-order valence-corrected chi connectivity index (χ3v) is 3.77. The van der Waals surface area contributed by atoms with Crippen LogP contribution in [-0.4, -0.2) is 16.7 Å². The maximum atomic E-state index is 6.04. The summed E-state index contributed by atoms with van der Waals surface area (Å²) in [5.41, 5.74) is 7.21. The lowest BCUT2D eigenvalue weighted by Gasteiger charge is -2.27. The van der Waals surface area contributed by atoms with Gasteiger partial charge in [-0.2, -0.15) is 4.98 Å². The van der Waals surface area contributed by atoms with E-state index >= 15 is 0 Å². The zero-order valence-corrected chi connectivity index (χ0v) is 14.3. The Morgan fingerprint density at radius 2 is 2.10 bits per heavy atom. The predicted octanol–water partition coefficient (Wildman–Crippen LogP) is 4.21. The summed E-state index contributed by atoms with van der Waals surface area (Å²) < 4.78 is 11.9. The minimum absolute atomic E-state index is 0.125. The van der Waals surface area contributed by atoms with Crippen molar-refractivity contribution in [2.45, 2.75) is 33.8 Å². The third kappa shape index (κ3) is 3.44. The van der Waals surface area contributed by atoms with Crippen LogP contribution < -0.4 is 5.73 Å². The van der Waals surface area contributed by atoms with Crippen LogP contribution in [0.15, 0.2) is 27.2 Å². The molecule has 1 aromatic carbocycles. The van der Waals surface area contributed by atoms with Gasteiger partial charge in [0.15, 0.2) is 0 Å². The molecule has 5 nitrogen and oxygen atoms in total. The molecule has 0 fully saturated rings. The van der Waals surface area contributed by atoms with E-state index in [0.717, 1.165) is 4.47 Å². The standard InChI is InChI=1S/C15H20BrN3O2/c1-5-20-12(15(2,3)4)13-18-14(21-19-13)9-7-6-8-10(16)11(9)17/h6-8,12H,5,17H2,1-4H3. The summed E-state index contributed by atoms with van der Waals surface area (Å²) in [5, 5.41) is 4.07. The van der Waals surface area contributed by atoms with Crippen molar-refractivity contribution in [1.29, 1.82) is 0 Å². The number of nitrogens with zero attached hydrogens (tertiary/aromatic N) is 2. The second-order valence-electron chi connectivity index (χ2n) is 5.86. The number of halogens is 1. The third-order valence-electron chi connectivity index (χ3n) is 3.08. The first-order valence-corrected chi connectivity index (χ1v) is 7.63. The van der Waals surface area contributed by atoms with E-state index < -0.39 is 0 Å². The zero-order chi connectivity index (χ0) is 15.6. The molecule has 2 aromatic rings. The van der Waals surface area contributed by atoms with E-state index in [1.807, 2.05) is 25.1 Å². The molecule has 0 saturated heterocycles. The van der Waals surface area contributed by atoms with Crippen molar-refractivity contribution in [1.82, 2.24) is 10.1 Å². The molecule has 0 aliphatic rings. The summed E-state index contributed by atoms with van der Waals surface area (Å²) in [6.45, 7) is 8.78. The minimum Gasteiger partial charge on any atom is -0.397 e. The first-order valence-electron chi connectivity index (χ1n) is 6.84. The number of hydrogen-bond donors (Lipinski definition) is 1. The van der Waals surface area contributed by atoms with Gasteiger partial charge in [-0.1, -0.05) is 32.0 Å². The average molecular weight is 354 g/mol. The van der Waals surface area contributed by atoms with E-state index in [1.165, 1.54) is 0 Å². The van der Waals surface area contributed by atoms with Crippen LogP contribution in [0.5, 0.6) is 0 Å². The molecule has 114 valence electrons. The number of hydrogen-bond acceptors (Lipinski definition) is 5. The highest BCUT2D eigenvalue weighted by Gasteiger charge is 2.31. The Kier molecular flexibility index (Phi) is 4.68. The molecule has 0 spiro atoms. The molecule has 21 heavy (non-hydrogen) atoms. The summed E-state index contributed by atoms with van der Waals surface area (Å²) in [5.74, 6) is 0.941. The fraction of sp³-hybridized carbons (Fsp3) is 0.467. The maximum Gasteiger partial charge on any atom is 0.260 e. The first-order chi connectivity index (χ1) is 9.84. The number of anilines is 1. The monoisotopic (exact) mass is 353 g/mol. The SMILES string of the molecule is CCOC(c1noc(-c2cccc(Br)c2N)n1)C(C)(C)C. The van der Waals surface area contributed by atoms with Crippen LogP contribution >= 0.6 is 15.9 Å². The summed E-state index contributed by atoms with van der Waals surface area (Å²) in [6, 6.07) is 5.60. The molecule has 0 radical (unpaired) electrons. The highest BCUT2D eigenvalue weighted by atomic mass is 79.9. The number of benzene rings is 1. The van der Waals surface area contributed by atoms with Crippen molar-refractivity contribution in [2.24, 2.45) is 5.41 Å². The van der Waals surface area contributed by atoms with Gasteiger partial charge in [0, 0.05) is 11.1 Å². The van der Waals surface area contributed by atoms with Gasteiger partial charge in [-0.15, -0.1) is 0 Å². The molecular formula is C15H20BrN3O2. The lowest BCUT2D eigenvalue weighted by Crippen LogP contribution is -2.22. The van der Waals surface area contributed by atoms with Crippen LogP contribution in [0, 0.1) is 5.41 Å². The number of rotatable bonds is 4. The fourth-order valence-electron chi connectivity index (χ4n) is 2.05. The largest absolute Gasteiger partial charge is 0.397 e. The Balaban J connectivity index is 2.39. The van der Waals surface area contributed by atoms with Crippen LogP contribution in [-0.2, 0) is 4.74 Å². The van der Waals surface area contributed by atoms with Crippen molar-refractivity contribution >= 4 is 21.6 Å². The summed E-state index contributed by atoms with van der Waals surface area (Å²) in [6.07, 6.45) is -0.228. The van der Waals surface area contributed by atoms with E-state index in [4.69, 9.17) is 15.0 Å². The van der Waals surface area contributed by atoms with Gasteiger partial charge in [-0.25, -0.2) is 0 Å². The Bertz CT molecular complexity index is 620. The van der Waals surface area contributed by atoms with Crippen LogP contribution in [0.3, 0.4) is 0 Å². The molecule has 0 amide bonds. The molecule has 6 heteroatoms. The lowest BCUT2D eigenvalue weighted by molar-refractivity contribution is -0.0203. The topological polar surface area (TPSA) is 74.2 Å². The molecule has 0 aliphatic carbocycles. The normalized spacial score (nSPS) is 13.4. The second-order valence-corrected chi connectivity index (χ2v) is 6.71. The molecular weight excluding hydrogens is 334 g/mol. The number of para-hydroxylation sites is 1. The molecule has 0 aliphatic heterocycles. The van der Waals surface area contributed by atoms with Crippen molar-refractivity contribution in [3.8, 4) is 11.5 Å². The Labute approximate surface area is 133 Å². The Hall–Kier alpha value is -1.40. The van der Waals surface area contributed by atoms with Crippen molar-refractivity contribution in [3.63, 3.8) is 0 Å². The fourth-order valence-corrected chi connectivity index (χ4v) is 2.42. The summed E-state index contributed by atoms with van der Waals surface area (Å²) in [7, 11) is 0. The van der Waals surface area contributed by atoms with Gasteiger partial charge in [-0.05, 0) is 40.4 Å². The average Bonchev–Trinajstić information content (AvgIpc) is 2.87. The van der Waals surface area contributed by atoms with Crippen molar-refractivity contribution in [3.05, 3.63) is 28.5 Å². The molecule has 1 aromatic heterocycles. The minimum atomic E-state index is -0.228. The van der Waals surface area contributed by atoms with Gasteiger partial charge in [0.1, 0.15) is 6.10 Å². The van der Waals surface area contributed by atoms with Crippen LogP contribution in [0.1, 0.15) is 39.6 Å². The van der Waals surface area contributed by atoms with Gasteiger partial charge in [-0.3, -0.25) is 0 Å². The number of nitrogens with two attached hydrogens (primary N) is 1. The van der Waals surface area contributed by atoms with Gasteiger partial charge in [0.25, 0.3) is 5.89 Å². The molecule has 2 N–H and O–H groups in total. The Morgan fingerprint density at radius 1 is 1.38 bits per heavy atom. The number of ether oxygens (including phenoxy) is 1. The summed E-state index contributed by atoms with van der Waals surface area (Å²) in [4.78, 5) is 4.46. The molecule has 1 unspecified atom stereocenters. The van der Waals surface area contributed by atoms with E-state index in [1.54, 1.807) is 0 Å². The van der Waals surface area contributed by atoms with E-state index in [2.05, 4.69) is 46.8 Å². The highest BCUT2D eigenvalue weighted by Crippen LogP contribution is 2.36. The second kappa shape index (κ2) is 6.15. The molecule has 1 atom stereocenters. The van der Waals surface area contributed by atoms with Gasteiger partial charge in [0.05, 0.1) is 11.3 Å². The molecule has 0 saturated carbocycles. The quantitative estimate of drug-likeness (QED) is 0.833. The van der Waals surface area contributed by atoms with Crippen LogP contribution in [0.4, 0.5) is 5.69 Å². The van der Waals surface area contributed by atoms with Gasteiger partial charge in [0.2, 0.25) is 5.82 Å². The van der Waals surface area contributed by atoms with Crippen molar-refractivity contribution < 1.29 is 9.26 Å². The Morgan fingerprint density at radius 3 is 2.71 bits per heavy atom. The van der Waals surface area contributed by atoms with E-state index in [0.29, 0.717) is 29.6 Å².